The number of halogens is 3. The lowest BCUT2D eigenvalue weighted by molar-refractivity contribution is -0.139. The highest BCUT2D eigenvalue weighted by Crippen LogP contribution is 2.42. The van der Waals surface area contributed by atoms with Crippen LogP contribution in [-0.4, -0.2) is 52.8 Å². The molecule has 0 bridgehead atoms. The Hall–Kier alpha value is -1.86. The molecule has 0 radical (unpaired) electrons. The molecule has 5 rings (SSSR count). The zero-order valence-electron chi connectivity index (χ0n) is 20.4. The van der Waals surface area contributed by atoms with E-state index in [1.165, 1.54) is 0 Å². The number of carbonyl (C=O) groups is 2. The third kappa shape index (κ3) is 6.52. The van der Waals surface area contributed by atoms with Crippen LogP contribution in [0.1, 0.15) is 55.7 Å². The lowest BCUT2D eigenvalue weighted by atomic mass is 9.77. The maximum Gasteiger partial charge on any atom is 0.229 e. The number of rotatable bonds is 8. The third-order valence-corrected chi connectivity index (χ3v) is 8.13. The van der Waals surface area contributed by atoms with Crippen LogP contribution >= 0.6 is 36.4 Å². The number of hydrogen-bond donors (Lipinski definition) is 1. The molecule has 2 aromatic rings. The van der Waals surface area contributed by atoms with Crippen molar-refractivity contribution in [1.82, 2.24) is 20.1 Å². The van der Waals surface area contributed by atoms with Crippen LogP contribution in [0.2, 0.25) is 5.02 Å². The van der Waals surface area contributed by atoms with Crippen molar-refractivity contribution in [3.63, 3.8) is 0 Å². The van der Waals surface area contributed by atoms with Gasteiger partial charge in [-0.15, -0.1) is 24.8 Å². The highest BCUT2D eigenvalue weighted by Gasteiger charge is 2.47. The molecule has 1 aromatic heterocycles. The molecule has 9 heteroatoms. The summed E-state index contributed by atoms with van der Waals surface area (Å²) in [6.45, 7) is 4.19. The third-order valence-electron chi connectivity index (χ3n) is 7.79. The molecule has 36 heavy (non-hydrogen) atoms. The lowest BCUT2D eigenvalue weighted by Crippen LogP contribution is -2.45. The van der Waals surface area contributed by atoms with Gasteiger partial charge in [0, 0.05) is 43.0 Å². The van der Waals surface area contributed by atoms with E-state index in [9.17, 15) is 9.59 Å². The zero-order valence-corrected chi connectivity index (χ0v) is 22.8. The first kappa shape index (κ1) is 28.7. The van der Waals surface area contributed by atoms with Crippen molar-refractivity contribution in [3.05, 3.63) is 64.9 Å². The Bertz CT molecular complexity index is 1030. The van der Waals surface area contributed by atoms with E-state index in [0.717, 1.165) is 75.8 Å². The van der Waals surface area contributed by atoms with Crippen molar-refractivity contribution >= 4 is 48.2 Å². The summed E-state index contributed by atoms with van der Waals surface area (Å²) in [4.78, 5) is 34.4. The normalized spacial score (nSPS) is 19.9. The fourth-order valence-corrected chi connectivity index (χ4v) is 5.70. The van der Waals surface area contributed by atoms with Crippen LogP contribution in [0.5, 0.6) is 0 Å². The van der Waals surface area contributed by atoms with Crippen LogP contribution in [0.3, 0.4) is 0 Å². The van der Waals surface area contributed by atoms with Gasteiger partial charge < -0.3 is 15.1 Å². The van der Waals surface area contributed by atoms with Crippen LogP contribution in [0, 0.1) is 11.3 Å². The lowest BCUT2D eigenvalue weighted by Gasteiger charge is -2.38. The smallest absolute Gasteiger partial charge is 0.229 e. The van der Waals surface area contributed by atoms with Crippen LogP contribution < -0.4 is 5.32 Å². The van der Waals surface area contributed by atoms with Gasteiger partial charge in [0.2, 0.25) is 11.8 Å². The molecule has 1 N–H and O–H groups in total. The summed E-state index contributed by atoms with van der Waals surface area (Å²) in [5.74, 6) is 0.622. The molecule has 1 atom stereocenters. The van der Waals surface area contributed by atoms with Gasteiger partial charge in [-0.2, -0.15) is 0 Å². The maximum absolute atomic E-state index is 13.3. The summed E-state index contributed by atoms with van der Waals surface area (Å²) in [5, 5.41) is 3.94. The Kier molecular flexibility index (Phi) is 10.0. The molecular weight excluding hydrogens is 519 g/mol. The Balaban J connectivity index is 0.00000180. The number of carbonyl (C=O) groups excluding carboxylic acids is 2. The average molecular weight is 554 g/mol. The molecule has 196 valence electrons. The van der Waals surface area contributed by atoms with E-state index in [1.54, 1.807) is 6.20 Å². The van der Waals surface area contributed by atoms with E-state index in [2.05, 4.69) is 15.2 Å². The number of aromatic nitrogens is 1. The van der Waals surface area contributed by atoms with Crippen LogP contribution in [-0.2, 0) is 16.1 Å². The number of nitrogens with zero attached hydrogens (tertiary/aromatic N) is 3. The summed E-state index contributed by atoms with van der Waals surface area (Å²) < 4.78 is 0. The summed E-state index contributed by atoms with van der Waals surface area (Å²) in [6.07, 6.45) is 9.15. The minimum absolute atomic E-state index is 0. The molecule has 1 unspecified atom stereocenters. The van der Waals surface area contributed by atoms with E-state index < -0.39 is 0 Å². The number of hydrogen-bond acceptors (Lipinski definition) is 4. The molecular formula is C27H35Cl3N4O2. The van der Waals surface area contributed by atoms with Gasteiger partial charge in [-0.3, -0.25) is 14.6 Å². The number of benzene rings is 1. The predicted molar refractivity (Wildman–Crippen MR) is 147 cm³/mol. The summed E-state index contributed by atoms with van der Waals surface area (Å²) in [5.41, 5.74) is 1.87. The summed E-state index contributed by atoms with van der Waals surface area (Å²) >= 11 is 6.48. The molecule has 2 amide bonds. The highest BCUT2D eigenvalue weighted by atomic mass is 35.5. The van der Waals surface area contributed by atoms with Crippen molar-refractivity contribution in [2.24, 2.45) is 11.3 Å². The second-order valence-corrected chi connectivity index (χ2v) is 10.5. The zero-order chi connectivity index (χ0) is 23.5. The largest absolute Gasteiger partial charge is 0.349 e. The van der Waals surface area contributed by atoms with Gasteiger partial charge in [-0.1, -0.05) is 35.9 Å². The summed E-state index contributed by atoms with van der Waals surface area (Å²) in [6, 6.07) is 11.7. The second-order valence-electron chi connectivity index (χ2n) is 10.1. The van der Waals surface area contributed by atoms with Gasteiger partial charge in [0.1, 0.15) is 0 Å². The van der Waals surface area contributed by atoms with Crippen molar-refractivity contribution in [2.45, 2.75) is 51.1 Å². The van der Waals surface area contributed by atoms with Crippen molar-refractivity contribution in [1.29, 1.82) is 0 Å². The molecule has 2 saturated heterocycles. The number of amides is 2. The van der Waals surface area contributed by atoms with Gasteiger partial charge >= 0.3 is 0 Å². The van der Waals surface area contributed by atoms with Crippen LogP contribution in [0.25, 0.3) is 0 Å². The van der Waals surface area contributed by atoms with E-state index in [4.69, 9.17) is 11.6 Å². The Morgan fingerprint density at radius 2 is 1.81 bits per heavy atom. The van der Waals surface area contributed by atoms with Crippen molar-refractivity contribution < 1.29 is 9.59 Å². The average Bonchev–Trinajstić information content (AvgIpc) is 3.67. The number of likely N-dealkylation sites (tertiary alicyclic amines) is 2. The molecule has 3 aliphatic rings. The first-order valence-electron chi connectivity index (χ1n) is 12.5. The molecule has 1 saturated carbocycles. The quantitative estimate of drug-likeness (QED) is 0.497. The SMILES string of the molecule is Cl.Cl.O=C(NC(CCN1CCC2(CC1)CCN(Cc1cccnc1)C2=O)c1ccccc1Cl)C1CC1. The van der Waals surface area contributed by atoms with Gasteiger partial charge in [0.15, 0.2) is 0 Å². The van der Waals surface area contributed by atoms with E-state index in [0.29, 0.717) is 17.5 Å². The van der Waals surface area contributed by atoms with E-state index >= 15 is 0 Å². The van der Waals surface area contributed by atoms with Gasteiger partial charge in [-0.25, -0.2) is 0 Å². The number of nitrogens with one attached hydrogen (secondary N) is 1. The van der Waals surface area contributed by atoms with Gasteiger partial charge in [0.05, 0.1) is 11.5 Å². The molecule has 1 aliphatic carbocycles. The second kappa shape index (κ2) is 12.6. The number of pyridine rings is 1. The molecule has 2 aliphatic heterocycles. The minimum Gasteiger partial charge on any atom is -0.349 e. The molecule has 3 heterocycles. The Labute approximate surface area is 231 Å². The fraction of sp³-hybridized carbons (Fsp3) is 0.519. The maximum atomic E-state index is 13.3. The Morgan fingerprint density at radius 1 is 1.08 bits per heavy atom. The first-order chi connectivity index (χ1) is 16.5. The monoisotopic (exact) mass is 552 g/mol. The molecule has 1 spiro atoms. The van der Waals surface area contributed by atoms with Crippen LogP contribution in [0.15, 0.2) is 48.8 Å². The van der Waals surface area contributed by atoms with E-state index in [1.807, 2.05) is 47.5 Å². The molecule has 6 nitrogen and oxygen atoms in total. The fourth-order valence-electron chi connectivity index (χ4n) is 5.43. The predicted octanol–water partition coefficient (Wildman–Crippen LogP) is 5.05. The van der Waals surface area contributed by atoms with Gasteiger partial charge in [0.25, 0.3) is 0 Å². The first-order valence-corrected chi connectivity index (χ1v) is 12.9. The van der Waals surface area contributed by atoms with Crippen molar-refractivity contribution in [3.8, 4) is 0 Å². The van der Waals surface area contributed by atoms with Gasteiger partial charge in [-0.05, 0) is 74.9 Å². The molecule has 3 fully saturated rings. The standard InChI is InChI=1S/C27H33ClN4O2.2ClH/c28-23-6-2-1-5-22(23)24(30-25(33)21-7-8-21)9-14-31-15-10-27(11-16-31)12-17-32(26(27)34)19-20-4-3-13-29-18-20;;/h1-6,13,18,21,24H,7-12,14-17,19H2,(H,30,33);2*1H. The summed E-state index contributed by atoms with van der Waals surface area (Å²) in [7, 11) is 0. The highest BCUT2D eigenvalue weighted by molar-refractivity contribution is 6.31. The molecule has 1 aromatic carbocycles. The minimum atomic E-state index is -0.207. The number of piperidine rings is 1. The van der Waals surface area contributed by atoms with Crippen molar-refractivity contribution in [2.75, 3.05) is 26.2 Å². The topological polar surface area (TPSA) is 65.5 Å². The van der Waals surface area contributed by atoms with E-state index in [-0.39, 0.29) is 48.1 Å². The van der Waals surface area contributed by atoms with Crippen LogP contribution in [0.4, 0.5) is 0 Å². The Morgan fingerprint density at radius 3 is 2.47 bits per heavy atom.